The first-order valence-corrected chi connectivity index (χ1v) is 6.63. The quantitative estimate of drug-likeness (QED) is 0.572. The Morgan fingerprint density at radius 1 is 1.60 bits per heavy atom. The van der Waals surface area contributed by atoms with Crippen LogP contribution in [0, 0.1) is 0 Å². The molecule has 0 aromatic rings. The van der Waals surface area contributed by atoms with Gasteiger partial charge >= 0.3 is 0 Å². The summed E-state index contributed by atoms with van der Waals surface area (Å²) in [5.41, 5.74) is 0. The fourth-order valence-corrected chi connectivity index (χ4v) is 2.10. The number of hydrogen-bond donors (Lipinski definition) is 2. The van der Waals surface area contributed by atoms with Crippen LogP contribution in [0.1, 0.15) is 6.92 Å². The number of nitrogens with one attached hydrogen (secondary N) is 1. The largest absolute Gasteiger partial charge is 0.395 e. The van der Waals surface area contributed by atoms with E-state index in [1.54, 1.807) is 6.92 Å². The van der Waals surface area contributed by atoms with Gasteiger partial charge in [0.25, 0.3) is 10.1 Å². The number of piperazine rings is 1. The lowest BCUT2D eigenvalue weighted by Crippen LogP contribution is -2.53. The van der Waals surface area contributed by atoms with E-state index in [2.05, 4.69) is 5.32 Å². The molecule has 0 saturated carbocycles. The first-order chi connectivity index (χ1) is 7.09. The van der Waals surface area contributed by atoms with Crippen molar-refractivity contribution < 1.29 is 17.7 Å². The van der Waals surface area contributed by atoms with Gasteiger partial charge in [-0.1, -0.05) is 0 Å². The van der Waals surface area contributed by atoms with Gasteiger partial charge < -0.3 is 10.4 Å². The lowest BCUT2D eigenvalue weighted by atomic mass is 10.3. The van der Waals surface area contributed by atoms with Crippen LogP contribution in [0.25, 0.3) is 0 Å². The summed E-state index contributed by atoms with van der Waals surface area (Å²) in [6.07, 6.45) is -0.490. The number of β-amino-alcohol motifs (C(OH)–C–C–N with tert-alkyl or cyclic N) is 1. The number of aliphatic hydroxyl groups is 1. The molecule has 0 amide bonds. The number of rotatable bonds is 5. The molecule has 1 rings (SSSR count). The molecule has 1 fully saturated rings. The molecule has 1 aliphatic heterocycles. The van der Waals surface area contributed by atoms with Crippen LogP contribution < -0.4 is 5.32 Å². The molecule has 0 aliphatic carbocycles. The van der Waals surface area contributed by atoms with Crippen LogP contribution in [0.2, 0.25) is 0 Å². The lowest BCUT2D eigenvalue weighted by Gasteiger charge is -2.34. The maximum atomic E-state index is 11.3. The van der Waals surface area contributed by atoms with Crippen molar-refractivity contribution in [1.29, 1.82) is 0 Å². The second-order valence-electron chi connectivity index (χ2n) is 3.36. The third-order valence-corrected chi connectivity index (χ3v) is 3.52. The average Bonchev–Trinajstić information content (AvgIpc) is 2.21. The minimum absolute atomic E-state index is 0.00598. The number of hydrogen-bond acceptors (Lipinski definition) is 6. The molecule has 90 valence electrons. The predicted molar refractivity (Wildman–Crippen MR) is 55.9 cm³/mol. The van der Waals surface area contributed by atoms with Crippen LogP contribution >= 0.6 is 0 Å². The van der Waals surface area contributed by atoms with Crippen molar-refractivity contribution in [3.63, 3.8) is 0 Å². The van der Waals surface area contributed by atoms with Gasteiger partial charge in [-0.15, -0.1) is 0 Å². The maximum Gasteiger partial charge on any atom is 0.268 e. The van der Waals surface area contributed by atoms with E-state index in [1.807, 2.05) is 4.90 Å². The maximum absolute atomic E-state index is 11.3. The van der Waals surface area contributed by atoms with Crippen LogP contribution in [0.4, 0.5) is 0 Å². The molecular weight excluding hydrogens is 220 g/mol. The minimum atomic E-state index is -3.43. The first-order valence-electron chi connectivity index (χ1n) is 5.05. The van der Waals surface area contributed by atoms with Crippen molar-refractivity contribution in [2.24, 2.45) is 0 Å². The van der Waals surface area contributed by atoms with Gasteiger partial charge in [0.15, 0.2) is 0 Å². The Labute approximate surface area is 90.3 Å². The van der Waals surface area contributed by atoms with Gasteiger partial charge in [0, 0.05) is 26.2 Å². The summed E-state index contributed by atoms with van der Waals surface area (Å²) in [7, 11) is -3.43. The van der Waals surface area contributed by atoms with Gasteiger partial charge in [0.05, 0.1) is 12.4 Å². The summed E-state index contributed by atoms with van der Waals surface area (Å²) in [4.78, 5) is 1.82. The number of nitrogens with zero attached hydrogens (tertiary/aromatic N) is 1. The summed E-state index contributed by atoms with van der Waals surface area (Å²) in [6, 6.07) is 0. The first kappa shape index (κ1) is 12.9. The van der Waals surface area contributed by atoms with E-state index < -0.39 is 16.3 Å². The van der Waals surface area contributed by atoms with Crippen molar-refractivity contribution in [3.8, 4) is 0 Å². The molecule has 1 unspecified atom stereocenters. The second-order valence-corrected chi connectivity index (χ2v) is 5.25. The van der Waals surface area contributed by atoms with Crippen LogP contribution in [0.3, 0.4) is 0 Å². The molecule has 6 nitrogen and oxygen atoms in total. The van der Waals surface area contributed by atoms with Gasteiger partial charge in [-0.05, 0) is 6.92 Å². The van der Waals surface area contributed by atoms with E-state index in [1.165, 1.54) is 0 Å². The normalized spacial score (nSPS) is 24.3. The highest BCUT2D eigenvalue weighted by molar-refractivity contribution is 7.86. The van der Waals surface area contributed by atoms with E-state index in [9.17, 15) is 8.42 Å². The van der Waals surface area contributed by atoms with Crippen LogP contribution in [0.5, 0.6) is 0 Å². The molecule has 0 aromatic heterocycles. The summed E-state index contributed by atoms with van der Waals surface area (Å²) in [6.45, 7) is 3.93. The van der Waals surface area contributed by atoms with E-state index in [0.717, 1.165) is 6.54 Å². The van der Waals surface area contributed by atoms with E-state index >= 15 is 0 Å². The van der Waals surface area contributed by atoms with Gasteiger partial charge in [-0.25, -0.2) is 4.18 Å². The highest BCUT2D eigenvalue weighted by atomic mass is 32.2. The predicted octanol–water partition coefficient (Wildman–Crippen LogP) is -1.42. The van der Waals surface area contributed by atoms with Gasteiger partial charge in [-0.3, -0.25) is 4.90 Å². The second kappa shape index (κ2) is 5.76. The Morgan fingerprint density at radius 2 is 2.33 bits per heavy atom. The summed E-state index contributed by atoms with van der Waals surface area (Å²) >= 11 is 0. The molecule has 15 heavy (non-hydrogen) atoms. The van der Waals surface area contributed by atoms with Gasteiger partial charge in [0.2, 0.25) is 0 Å². The molecule has 0 radical (unpaired) electrons. The molecule has 1 saturated heterocycles. The SMILES string of the molecule is CCS(=O)(=O)OC1CNCCN1CCO. The van der Waals surface area contributed by atoms with Crippen LogP contribution in [-0.4, -0.2) is 63.2 Å². The molecule has 7 heteroatoms. The zero-order valence-electron chi connectivity index (χ0n) is 8.85. The fourth-order valence-electron chi connectivity index (χ4n) is 1.44. The molecule has 0 spiro atoms. The Morgan fingerprint density at radius 3 is 2.93 bits per heavy atom. The van der Waals surface area contributed by atoms with E-state index in [0.29, 0.717) is 19.6 Å². The molecule has 1 aliphatic rings. The van der Waals surface area contributed by atoms with E-state index in [-0.39, 0.29) is 12.4 Å². The zero-order valence-corrected chi connectivity index (χ0v) is 9.66. The smallest absolute Gasteiger partial charge is 0.268 e. The Bertz CT molecular complexity index is 278. The van der Waals surface area contributed by atoms with E-state index in [4.69, 9.17) is 9.29 Å². The van der Waals surface area contributed by atoms with Crippen molar-refractivity contribution in [2.75, 3.05) is 38.5 Å². The highest BCUT2D eigenvalue weighted by Gasteiger charge is 2.26. The molecular formula is C8H18N2O4S. The minimum Gasteiger partial charge on any atom is -0.395 e. The molecule has 0 bridgehead atoms. The fraction of sp³-hybridized carbons (Fsp3) is 1.00. The Hall–Kier alpha value is -0.210. The molecule has 1 heterocycles. The van der Waals surface area contributed by atoms with Gasteiger partial charge in [-0.2, -0.15) is 8.42 Å². The zero-order chi connectivity index (χ0) is 11.3. The Kier molecular flexibility index (Phi) is 4.94. The standard InChI is InChI=1S/C8H18N2O4S/c1-2-15(12,13)14-8-7-9-3-4-10(8)5-6-11/h8-9,11H,2-7H2,1H3. The third kappa shape index (κ3) is 4.04. The average molecular weight is 238 g/mol. The number of aliphatic hydroxyl groups excluding tert-OH is 1. The lowest BCUT2D eigenvalue weighted by molar-refractivity contribution is 0.00268. The third-order valence-electron chi connectivity index (χ3n) is 2.30. The molecule has 2 N–H and O–H groups in total. The van der Waals surface area contributed by atoms with Crippen LogP contribution in [-0.2, 0) is 14.3 Å². The van der Waals surface area contributed by atoms with Crippen molar-refractivity contribution in [2.45, 2.75) is 13.2 Å². The van der Waals surface area contributed by atoms with Crippen molar-refractivity contribution in [3.05, 3.63) is 0 Å². The molecule has 1 atom stereocenters. The topological polar surface area (TPSA) is 78.9 Å². The van der Waals surface area contributed by atoms with Crippen molar-refractivity contribution in [1.82, 2.24) is 10.2 Å². The van der Waals surface area contributed by atoms with Crippen LogP contribution in [0.15, 0.2) is 0 Å². The van der Waals surface area contributed by atoms with Crippen molar-refractivity contribution >= 4 is 10.1 Å². The summed E-state index contributed by atoms with van der Waals surface area (Å²) in [5.74, 6) is -0.0313. The highest BCUT2D eigenvalue weighted by Crippen LogP contribution is 2.08. The Balaban J connectivity index is 2.56. The summed E-state index contributed by atoms with van der Waals surface area (Å²) < 4.78 is 27.6. The van der Waals surface area contributed by atoms with Gasteiger partial charge in [0.1, 0.15) is 6.23 Å². The molecule has 0 aromatic carbocycles. The monoisotopic (exact) mass is 238 g/mol. The summed E-state index contributed by atoms with van der Waals surface area (Å²) in [5, 5.41) is 11.9.